The van der Waals surface area contributed by atoms with Crippen LogP contribution in [0.3, 0.4) is 0 Å². The van der Waals surface area contributed by atoms with Crippen molar-refractivity contribution in [1.82, 2.24) is 13.9 Å². The summed E-state index contributed by atoms with van der Waals surface area (Å²) in [6, 6.07) is 0.00388. The van der Waals surface area contributed by atoms with Crippen molar-refractivity contribution >= 4 is 10.2 Å². The highest BCUT2D eigenvalue weighted by Crippen LogP contribution is 2.19. The third kappa shape index (κ3) is 2.56. The van der Waals surface area contributed by atoms with Gasteiger partial charge in [0, 0.05) is 38.3 Å². The molecule has 5 nitrogen and oxygen atoms in total. The van der Waals surface area contributed by atoms with E-state index in [2.05, 4.69) is 5.32 Å². The summed E-state index contributed by atoms with van der Waals surface area (Å²) < 4.78 is 27.8. The lowest BCUT2D eigenvalue weighted by molar-refractivity contribution is 0.202. The van der Waals surface area contributed by atoms with E-state index >= 15 is 0 Å². The normalized spacial score (nSPS) is 28.9. The molecule has 96 valence electrons. The molecule has 0 radical (unpaired) electrons. The van der Waals surface area contributed by atoms with Crippen LogP contribution in [-0.2, 0) is 10.2 Å². The minimum atomic E-state index is -3.33. The fourth-order valence-corrected chi connectivity index (χ4v) is 3.87. The van der Waals surface area contributed by atoms with E-state index in [9.17, 15) is 8.42 Å². The lowest BCUT2D eigenvalue weighted by atomic mass is 10.2. The van der Waals surface area contributed by atoms with E-state index < -0.39 is 10.2 Å². The summed E-state index contributed by atoms with van der Waals surface area (Å²) in [6.07, 6.45) is 0. The number of hydrogen-bond acceptors (Lipinski definition) is 3. The minimum Gasteiger partial charge on any atom is -0.314 e. The minimum absolute atomic E-state index is 0.00921. The average Bonchev–Trinajstić information content (AvgIpc) is 2.15. The number of hydrogen-bond donors (Lipinski definition) is 1. The third-order valence-electron chi connectivity index (χ3n) is 3.11. The van der Waals surface area contributed by atoms with Crippen LogP contribution in [0.5, 0.6) is 0 Å². The molecule has 1 saturated heterocycles. The van der Waals surface area contributed by atoms with Crippen molar-refractivity contribution in [3.8, 4) is 0 Å². The third-order valence-corrected chi connectivity index (χ3v) is 5.51. The zero-order valence-electron chi connectivity index (χ0n) is 10.8. The second-order valence-corrected chi connectivity index (χ2v) is 6.70. The standard InChI is InChI=1S/C10H23N3O2S/c1-8(2)12(5)16(14,15)13-9(3)6-11-7-10(13)4/h8-11H,6-7H2,1-5H3. The molecule has 0 aromatic carbocycles. The van der Waals surface area contributed by atoms with Crippen LogP contribution in [0, 0.1) is 0 Å². The van der Waals surface area contributed by atoms with E-state index in [1.165, 1.54) is 4.31 Å². The largest absolute Gasteiger partial charge is 0.314 e. The van der Waals surface area contributed by atoms with Crippen LogP contribution in [0.2, 0.25) is 0 Å². The van der Waals surface area contributed by atoms with Crippen molar-refractivity contribution in [1.29, 1.82) is 0 Å². The lowest BCUT2D eigenvalue weighted by Gasteiger charge is -2.40. The Morgan fingerprint density at radius 1 is 1.25 bits per heavy atom. The monoisotopic (exact) mass is 249 g/mol. The zero-order valence-corrected chi connectivity index (χ0v) is 11.6. The Bertz CT molecular complexity index is 319. The quantitative estimate of drug-likeness (QED) is 0.780. The molecule has 1 aliphatic rings. The van der Waals surface area contributed by atoms with Crippen molar-refractivity contribution in [2.24, 2.45) is 0 Å². The van der Waals surface area contributed by atoms with Crippen molar-refractivity contribution < 1.29 is 8.42 Å². The lowest BCUT2D eigenvalue weighted by Crippen LogP contribution is -2.60. The van der Waals surface area contributed by atoms with Crippen molar-refractivity contribution in [2.45, 2.75) is 45.8 Å². The number of nitrogens with zero attached hydrogens (tertiary/aromatic N) is 2. The van der Waals surface area contributed by atoms with Gasteiger partial charge in [-0.15, -0.1) is 0 Å². The second kappa shape index (κ2) is 5.00. The molecule has 0 aromatic heterocycles. The van der Waals surface area contributed by atoms with Crippen LogP contribution < -0.4 is 5.32 Å². The van der Waals surface area contributed by atoms with E-state index in [0.29, 0.717) is 0 Å². The SMILES string of the molecule is CC(C)N(C)S(=O)(=O)N1C(C)CNCC1C. The maximum absolute atomic E-state index is 12.4. The molecule has 0 aromatic rings. The molecule has 0 saturated carbocycles. The number of rotatable bonds is 3. The van der Waals surface area contributed by atoms with Gasteiger partial charge in [0.25, 0.3) is 10.2 Å². The first-order valence-corrected chi connectivity index (χ1v) is 7.15. The van der Waals surface area contributed by atoms with Gasteiger partial charge in [-0.2, -0.15) is 17.0 Å². The highest BCUT2D eigenvalue weighted by Gasteiger charge is 2.37. The molecular formula is C10H23N3O2S. The highest BCUT2D eigenvalue weighted by atomic mass is 32.2. The van der Waals surface area contributed by atoms with Gasteiger partial charge in [0.15, 0.2) is 0 Å². The Kier molecular flexibility index (Phi) is 4.34. The van der Waals surface area contributed by atoms with E-state index in [0.717, 1.165) is 13.1 Å². The van der Waals surface area contributed by atoms with Crippen LogP contribution in [0.1, 0.15) is 27.7 Å². The molecule has 2 unspecified atom stereocenters. The number of piperazine rings is 1. The van der Waals surface area contributed by atoms with E-state index in [4.69, 9.17) is 0 Å². The van der Waals surface area contributed by atoms with Crippen LogP contribution in [0.4, 0.5) is 0 Å². The van der Waals surface area contributed by atoms with Gasteiger partial charge in [0.1, 0.15) is 0 Å². The maximum Gasteiger partial charge on any atom is 0.282 e. The predicted octanol–water partition coefficient (Wildman–Crippen LogP) is 0.254. The summed E-state index contributed by atoms with van der Waals surface area (Å²) in [5.74, 6) is 0. The smallest absolute Gasteiger partial charge is 0.282 e. The molecule has 1 fully saturated rings. The molecule has 0 spiro atoms. The molecule has 0 bridgehead atoms. The molecule has 2 atom stereocenters. The Labute approximate surface area is 99.0 Å². The van der Waals surface area contributed by atoms with Crippen molar-refractivity contribution in [2.75, 3.05) is 20.1 Å². The molecule has 0 amide bonds. The summed E-state index contributed by atoms with van der Waals surface area (Å²) in [7, 11) is -1.69. The second-order valence-electron chi connectivity index (χ2n) is 4.80. The van der Waals surface area contributed by atoms with Gasteiger partial charge in [-0.3, -0.25) is 0 Å². The first-order valence-electron chi connectivity index (χ1n) is 5.75. The highest BCUT2D eigenvalue weighted by molar-refractivity contribution is 7.86. The van der Waals surface area contributed by atoms with Gasteiger partial charge < -0.3 is 5.32 Å². The van der Waals surface area contributed by atoms with Crippen LogP contribution in [0.15, 0.2) is 0 Å². The van der Waals surface area contributed by atoms with Crippen molar-refractivity contribution in [3.63, 3.8) is 0 Å². The van der Waals surface area contributed by atoms with E-state index in [-0.39, 0.29) is 18.1 Å². The van der Waals surface area contributed by atoms with Gasteiger partial charge in [-0.25, -0.2) is 0 Å². The zero-order chi connectivity index (χ0) is 12.5. The molecule has 1 rings (SSSR count). The van der Waals surface area contributed by atoms with E-state index in [1.807, 2.05) is 27.7 Å². The molecule has 6 heteroatoms. The molecule has 16 heavy (non-hydrogen) atoms. The summed E-state index contributed by atoms with van der Waals surface area (Å²) >= 11 is 0. The predicted molar refractivity (Wildman–Crippen MR) is 65.5 cm³/mol. The molecule has 0 aliphatic carbocycles. The topological polar surface area (TPSA) is 52.7 Å². The summed E-state index contributed by atoms with van der Waals surface area (Å²) in [4.78, 5) is 0. The molecule has 1 N–H and O–H groups in total. The van der Waals surface area contributed by atoms with Gasteiger partial charge in [0.05, 0.1) is 0 Å². The van der Waals surface area contributed by atoms with Crippen LogP contribution in [-0.4, -0.2) is 55.3 Å². The Hall–Kier alpha value is -0.170. The van der Waals surface area contributed by atoms with E-state index in [1.54, 1.807) is 11.4 Å². The number of nitrogens with one attached hydrogen (secondary N) is 1. The summed E-state index contributed by atoms with van der Waals surface area (Å²) in [5.41, 5.74) is 0. The summed E-state index contributed by atoms with van der Waals surface area (Å²) in [5, 5.41) is 3.23. The van der Waals surface area contributed by atoms with Crippen LogP contribution in [0.25, 0.3) is 0 Å². The fourth-order valence-electron chi connectivity index (χ4n) is 1.99. The fraction of sp³-hybridized carbons (Fsp3) is 1.00. The van der Waals surface area contributed by atoms with Gasteiger partial charge >= 0.3 is 0 Å². The Morgan fingerprint density at radius 2 is 1.69 bits per heavy atom. The summed E-state index contributed by atoms with van der Waals surface area (Å²) in [6.45, 7) is 9.08. The molecular weight excluding hydrogens is 226 g/mol. The van der Waals surface area contributed by atoms with Gasteiger partial charge in [0.2, 0.25) is 0 Å². The Balaban J connectivity index is 2.97. The van der Waals surface area contributed by atoms with Gasteiger partial charge in [-0.1, -0.05) is 0 Å². The molecule has 1 aliphatic heterocycles. The maximum atomic E-state index is 12.4. The first-order chi connectivity index (χ1) is 7.28. The average molecular weight is 249 g/mol. The van der Waals surface area contributed by atoms with Crippen LogP contribution >= 0.6 is 0 Å². The Morgan fingerprint density at radius 3 is 2.06 bits per heavy atom. The van der Waals surface area contributed by atoms with Crippen molar-refractivity contribution in [3.05, 3.63) is 0 Å². The van der Waals surface area contributed by atoms with Gasteiger partial charge in [-0.05, 0) is 27.7 Å². The first kappa shape index (κ1) is 13.9. The molecule has 1 heterocycles.